The first-order valence-corrected chi connectivity index (χ1v) is 9.09. The highest BCUT2D eigenvalue weighted by molar-refractivity contribution is 9.10. The molecule has 2 aromatic carbocycles. The zero-order valence-electron chi connectivity index (χ0n) is 14.8. The molecule has 0 heterocycles. The number of benzene rings is 2. The van der Waals surface area contributed by atoms with Crippen molar-refractivity contribution in [1.82, 2.24) is 0 Å². The monoisotopic (exact) mass is 448 g/mol. The summed E-state index contributed by atoms with van der Waals surface area (Å²) in [6.45, 7) is -0.536. The smallest absolute Gasteiger partial charge is 0.331 e. The fourth-order valence-corrected chi connectivity index (χ4v) is 2.50. The van der Waals surface area contributed by atoms with Gasteiger partial charge in [0.15, 0.2) is 6.61 Å². The summed E-state index contributed by atoms with van der Waals surface area (Å²) < 4.78 is 19.0. The topological polar surface area (TPSA) is 89.7 Å². The molecule has 0 spiro atoms. The highest BCUT2D eigenvalue weighted by Gasteiger charge is 2.18. The number of anilines is 1. The van der Waals surface area contributed by atoms with E-state index in [2.05, 4.69) is 15.9 Å². The Morgan fingerprint density at radius 3 is 2.32 bits per heavy atom. The SMILES string of the molecule is NC(=O)CCN(C(=O)COC(=O)/C=C/c1ccc(Br)cc1)c1ccc(F)cc1. The average molecular weight is 449 g/mol. The minimum Gasteiger partial charge on any atom is -0.452 e. The number of nitrogens with two attached hydrogens (primary N) is 1. The standard InChI is InChI=1S/C20H18BrFN2O4/c21-15-4-1-14(2-5-15)3-10-20(27)28-13-19(26)24(12-11-18(23)25)17-8-6-16(22)7-9-17/h1-10H,11-13H2,(H2,23,25)/b10-3+. The third-order valence-corrected chi connectivity index (χ3v) is 4.17. The summed E-state index contributed by atoms with van der Waals surface area (Å²) in [4.78, 5) is 36.5. The predicted octanol–water partition coefficient (Wildman–Crippen LogP) is 3.05. The van der Waals surface area contributed by atoms with Gasteiger partial charge in [0.05, 0.1) is 0 Å². The van der Waals surface area contributed by atoms with Gasteiger partial charge >= 0.3 is 5.97 Å². The highest BCUT2D eigenvalue weighted by Crippen LogP contribution is 2.16. The quantitative estimate of drug-likeness (QED) is 0.496. The van der Waals surface area contributed by atoms with Crippen LogP contribution in [0.1, 0.15) is 12.0 Å². The fraction of sp³-hybridized carbons (Fsp3) is 0.150. The number of ether oxygens (including phenoxy) is 1. The van der Waals surface area contributed by atoms with Crippen LogP contribution in [0.15, 0.2) is 59.1 Å². The fourth-order valence-electron chi connectivity index (χ4n) is 2.24. The van der Waals surface area contributed by atoms with E-state index in [9.17, 15) is 18.8 Å². The van der Waals surface area contributed by atoms with E-state index >= 15 is 0 Å². The Morgan fingerprint density at radius 1 is 1.07 bits per heavy atom. The molecule has 0 aliphatic carbocycles. The molecular formula is C20H18BrFN2O4. The number of nitrogens with zero attached hydrogens (tertiary/aromatic N) is 1. The van der Waals surface area contributed by atoms with Crippen LogP contribution in [0, 0.1) is 5.82 Å². The van der Waals surface area contributed by atoms with Crippen molar-refractivity contribution in [1.29, 1.82) is 0 Å². The molecular weight excluding hydrogens is 431 g/mol. The van der Waals surface area contributed by atoms with Crippen LogP contribution in [0.4, 0.5) is 10.1 Å². The number of carbonyl (C=O) groups excluding carboxylic acids is 3. The van der Waals surface area contributed by atoms with Crippen LogP contribution < -0.4 is 10.6 Å². The van der Waals surface area contributed by atoms with Crippen molar-refractivity contribution in [2.45, 2.75) is 6.42 Å². The molecule has 2 amide bonds. The van der Waals surface area contributed by atoms with Gasteiger partial charge in [-0.1, -0.05) is 28.1 Å². The van der Waals surface area contributed by atoms with Crippen LogP contribution in [-0.4, -0.2) is 30.9 Å². The van der Waals surface area contributed by atoms with Crippen LogP contribution in [0.3, 0.4) is 0 Å². The molecule has 0 fully saturated rings. The number of amides is 2. The van der Waals surface area contributed by atoms with Crippen molar-refractivity contribution in [2.24, 2.45) is 5.73 Å². The van der Waals surface area contributed by atoms with E-state index in [0.29, 0.717) is 5.69 Å². The molecule has 0 radical (unpaired) electrons. The maximum Gasteiger partial charge on any atom is 0.331 e. The molecule has 0 atom stereocenters. The third-order valence-electron chi connectivity index (χ3n) is 3.64. The lowest BCUT2D eigenvalue weighted by molar-refractivity contribution is -0.143. The van der Waals surface area contributed by atoms with Gasteiger partial charge in [0.25, 0.3) is 5.91 Å². The van der Waals surface area contributed by atoms with E-state index in [1.54, 1.807) is 18.2 Å². The summed E-state index contributed by atoms with van der Waals surface area (Å²) in [5.74, 6) is -2.30. The van der Waals surface area contributed by atoms with Gasteiger partial charge < -0.3 is 15.4 Å². The Morgan fingerprint density at radius 2 is 1.71 bits per heavy atom. The minimum absolute atomic E-state index is 0.00786. The molecule has 0 aromatic heterocycles. The van der Waals surface area contributed by atoms with Gasteiger partial charge in [-0.05, 0) is 48.0 Å². The van der Waals surface area contributed by atoms with Gasteiger partial charge in [-0.25, -0.2) is 9.18 Å². The van der Waals surface area contributed by atoms with Crippen molar-refractivity contribution in [2.75, 3.05) is 18.1 Å². The van der Waals surface area contributed by atoms with Crippen molar-refractivity contribution < 1.29 is 23.5 Å². The molecule has 0 aliphatic rings. The number of primary amides is 1. The van der Waals surface area contributed by atoms with Gasteiger partial charge in [-0.2, -0.15) is 0 Å². The summed E-state index contributed by atoms with van der Waals surface area (Å²) in [7, 11) is 0. The van der Waals surface area contributed by atoms with Gasteiger partial charge in [-0.3, -0.25) is 9.59 Å². The van der Waals surface area contributed by atoms with Crippen LogP contribution in [-0.2, 0) is 19.1 Å². The van der Waals surface area contributed by atoms with Crippen LogP contribution in [0.2, 0.25) is 0 Å². The zero-order valence-corrected chi connectivity index (χ0v) is 16.4. The Labute approximate surface area is 169 Å². The summed E-state index contributed by atoms with van der Waals surface area (Å²) in [6.07, 6.45) is 2.69. The normalized spacial score (nSPS) is 10.6. The van der Waals surface area contributed by atoms with E-state index < -0.39 is 30.2 Å². The molecule has 0 bridgehead atoms. The van der Waals surface area contributed by atoms with E-state index in [-0.39, 0.29) is 13.0 Å². The van der Waals surface area contributed by atoms with Crippen LogP contribution >= 0.6 is 15.9 Å². The van der Waals surface area contributed by atoms with Crippen molar-refractivity contribution in [3.8, 4) is 0 Å². The molecule has 2 N–H and O–H groups in total. The molecule has 0 saturated heterocycles. The Kier molecular flexibility index (Phi) is 7.88. The lowest BCUT2D eigenvalue weighted by Crippen LogP contribution is -2.37. The first-order valence-electron chi connectivity index (χ1n) is 8.30. The van der Waals surface area contributed by atoms with Crippen LogP contribution in [0.25, 0.3) is 6.08 Å². The molecule has 2 rings (SSSR count). The lowest BCUT2D eigenvalue weighted by Gasteiger charge is -2.22. The predicted molar refractivity (Wildman–Crippen MR) is 107 cm³/mol. The molecule has 146 valence electrons. The first-order chi connectivity index (χ1) is 13.3. The van der Waals surface area contributed by atoms with Gasteiger partial charge in [0.1, 0.15) is 5.82 Å². The third kappa shape index (κ3) is 6.96. The number of rotatable bonds is 8. The molecule has 6 nitrogen and oxygen atoms in total. The van der Waals surface area contributed by atoms with Crippen LogP contribution in [0.5, 0.6) is 0 Å². The average Bonchev–Trinajstić information content (AvgIpc) is 2.67. The van der Waals surface area contributed by atoms with E-state index in [1.165, 1.54) is 35.2 Å². The Bertz CT molecular complexity index is 867. The van der Waals surface area contributed by atoms with Crippen molar-refractivity contribution >= 4 is 45.5 Å². The second-order valence-electron chi connectivity index (χ2n) is 5.73. The van der Waals surface area contributed by atoms with E-state index in [4.69, 9.17) is 10.5 Å². The van der Waals surface area contributed by atoms with Gasteiger partial charge in [0.2, 0.25) is 5.91 Å². The Hall–Kier alpha value is -3.00. The van der Waals surface area contributed by atoms with Gasteiger partial charge in [0, 0.05) is 29.2 Å². The summed E-state index contributed by atoms with van der Waals surface area (Å²) in [6, 6.07) is 12.4. The molecule has 0 unspecified atom stereocenters. The minimum atomic E-state index is -0.690. The van der Waals surface area contributed by atoms with E-state index in [1.807, 2.05) is 12.1 Å². The lowest BCUT2D eigenvalue weighted by atomic mass is 10.2. The zero-order chi connectivity index (χ0) is 20.5. The Balaban J connectivity index is 1.97. The molecule has 8 heteroatoms. The number of carbonyl (C=O) groups is 3. The number of esters is 1. The number of halogens is 2. The second-order valence-corrected chi connectivity index (χ2v) is 6.65. The number of hydrogen-bond acceptors (Lipinski definition) is 4. The first kappa shape index (κ1) is 21.3. The number of hydrogen-bond donors (Lipinski definition) is 1. The highest BCUT2D eigenvalue weighted by atomic mass is 79.9. The van der Waals surface area contributed by atoms with Crippen molar-refractivity contribution in [3.05, 3.63) is 70.5 Å². The summed E-state index contributed by atoms with van der Waals surface area (Å²) in [5, 5.41) is 0. The maximum atomic E-state index is 13.1. The largest absolute Gasteiger partial charge is 0.452 e. The molecule has 0 saturated carbocycles. The van der Waals surface area contributed by atoms with Gasteiger partial charge in [-0.15, -0.1) is 0 Å². The molecule has 0 aliphatic heterocycles. The van der Waals surface area contributed by atoms with E-state index in [0.717, 1.165) is 10.0 Å². The van der Waals surface area contributed by atoms with Crippen molar-refractivity contribution in [3.63, 3.8) is 0 Å². The molecule has 2 aromatic rings. The summed E-state index contributed by atoms with van der Waals surface area (Å²) >= 11 is 3.32. The summed E-state index contributed by atoms with van der Waals surface area (Å²) in [5.41, 5.74) is 6.30. The molecule has 28 heavy (non-hydrogen) atoms. The maximum absolute atomic E-state index is 13.1. The second kappa shape index (κ2) is 10.4.